The Morgan fingerprint density at radius 1 is 0.690 bits per heavy atom. The molecule has 154 valence electrons. The summed E-state index contributed by atoms with van der Waals surface area (Å²) < 4.78 is 23.3. The second kappa shape index (κ2) is 12.6. The molecule has 0 fully saturated rings. The number of halogens is 1. The van der Waals surface area contributed by atoms with Crippen LogP contribution < -0.4 is 30.7 Å². The Hall–Kier alpha value is -2.81. The van der Waals surface area contributed by atoms with Crippen LogP contribution in [0.3, 0.4) is 0 Å². The zero-order valence-electron chi connectivity index (χ0n) is 15.8. The van der Waals surface area contributed by atoms with Crippen LogP contribution in [-0.4, -0.2) is 38.4 Å². The molecule has 0 radical (unpaired) electrons. The monoisotopic (exact) mass is 509 g/mol. The molecule has 0 spiro atoms. The first kappa shape index (κ1) is 22.5. The summed E-state index contributed by atoms with van der Waals surface area (Å²) in [5.41, 5.74) is 0. The second-order valence-corrected chi connectivity index (χ2v) is 8.47. The van der Waals surface area contributed by atoms with E-state index in [9.17, 15) is 9.59 Å². The Labute approximate surface area is 180 Å². The van der Waals surface area contributed by atoms with Crippen molar-refractivity contribution in [1.82, 2.24) is 0 Å². The topological polar surface area (TPSA) is 71.1 Å². The van der Waals surface area contributed by atoms with Crippen LogP contribution in [-0.2, 0) is 19.1 Å². The summed E-state index contributed by atoms with van der Waals surface area (Å²) in [6.45, 7) is 7.62. The van der Waals surface area contributed by atoms with E-state index in [1.54, 1.807) is 0 Å². The summed E-state index contributed by atoms with van der Waals surface area (Å²) in [5, 5.41) is 0. The van der Waals surface area contributed by atoms with Gasteiger partial charge in [-0.05, 0) is 0 Å². The van der Waals surface area contributed by atoms with E-state index in [4.69, 9.17) is 18.9 Å². The van der Waals surface area contributed by atoms with Gasteiger partial charge in [-0.3, -0.25) is 0 Å². The average molecular weight is 509 g/mol. The van der Waals surface area contributed by atoms with Crippen molar-refractivity contribution in [1.29, 1.82) is 0 Å². The SMILES string of the molecule is C=CC(=O)OCCOc1ccc([I-]c2ccc(OCCOC(=O)C=C)cc2)cc1. The van der Waals surface area contributed by atoms with Crippen molar-refractivity contribution >= 4 is 11.9 Å². The summed E-state index contributed by atoms with van der Waals surface area (Å²) in [6, 6.07) is 15.8. The summed E-state index contributed by atoms with van der Waals surface area (Å²) >= 11 is -0.325. The molecule has 0 unspecified atom stereocenters. The molecule has 0 heterocycles. The predicted molar refractivity (Wildman–Crippen MR) is 104 cm³/mol. The molecule has 2 aromatic carbocycles. The van der Waals surface area contributed by atoms with E-state index in [0.717, 1.165) is 23.7 Å². The minimum absolute atomic E-state index is 0.185. The van der Waals surface area contributed by atoms with Gasteiger partial charge < -0.3 is 0 Å². The molecule has 0 aliphatic heterocycles. The van der Waals surface area contributed by atoms with E-state index >= 15 is 0 Å². The Kier molecular flexibility index (Phi) is 9.77. The third-order valence-corrected chi connectivity index (χ3v) is 6.06. The number of carbonyl (C=O) groups is 2. The molecule has 7 heteroatoms. The molecule has 0 aromatic heterocycles. The van der Waals surface area contributed by atoms with Crippen LogP contribution in [0.4, 0.5) is 0 Å². The van der Waals surface area contributed by atoms with Crippen molar-refractivity contribution in [3.05, 3.63) is 81.0 Å². The van der Waals surface area contributed by atoms with Crippen molar-refractivity contribution in [2.24, 2.45) is 0 Å². The van der Waals surface area contributed by atoms with Gasteiger partial charge in [-0.2, -0.15) is 0 Å². The van der Waals surface area contributed by atoms with Crippen molar-refractivity contribution in [2.45, 2.75) is 0 Å². The first-order valence-electron chi connectivity index (χ1n) is 8.79. The van der Waals surface area contributed by atoms with E-state index in [1.165, 1.54) is 7.14 Å². The molecule has 6 nitrogen and oxygen atoms in total. The quantitative estimate of drug-likeness (QED) is 0.174. The van der Waals surface area contributed by atoms with E-state index in [0.29, 0.717) is 13.2 Å². The fourth-order valence-corrected chi connectivity index (χ4v) is 4.19. The van der Waals surface area contributed by atoms with E-state index < -0.39 is 11.9 Å². The maximum absolute atomic E-state index is 10.9. The first-order chi connectivity index (χ1) is 14.1. The number of carbonyl (C=O) groups excluding carboxylic acids is 2. The summed E-state index contributed by atoms with van der Waals surface area (Å²) in [6.07, 6.45) is 2.25. The van der Waals surface area contributed by atoms with Crippen LogP contribution in [0.1, 0.15) is 0 Å². The number of esters is 2. The molecule has 2 aromatic rings. The number of hydrogen-bond donors (Lipinski definition) is 0. The minimum atomic E-state index is -0.457. The molecule has 0 aliphatic rings. The zero-order chi connectivity index (χ0) is 20.9. The predicted octanol–water partition coefficient (Wildman–Crippen LogP) is 0.0310. The molecule has 0 aliphatic carbocycles. The van der Waals surface area contributed by atoms with Gasteiger partial charge >= 0.3 is 181 Å². The van der Waals surface area contributed by atoms with Gasteiger partial charge in [0.25, 0.3) is 0 Å². The second-order valence-electron chi connectivity index (χ2n) is 5.44. The summed E-state index contributed by atoms with van der Waals surface area (Å²) in [7, 11) is 0. The molecule has 0 bridgehead atoms. The van der Waals surface area contributed by atoms with Gasteiger partial charge in [0.05, 0.1) is 0 Å². The van der Waals surface area contributed by atoms with Gasteiger partial charge in [-0.25, -0.2) is 0 Å². The molecule has 0 N–H and O–H groups in total. The Morgan fingerprint density at radius 3 is 1.41 bits per heavy atom. The fraction of sp³-hybridized carbons (Fsp3) is 0.182. The molecule has 0 saturated carbocycles. The molecular weight excluding hydrogens is 487 g/mol. The van der Waals surface area contributed by atoms with Gasteiger partial charge in [-0.15, -0.1) is 0 Å². The third-order valence-electron chi connectivity index (χ3n) is 3.37. The Balaban J connectivity index is 1.73. The number of rotatable bonds is 12. The van der Waals surface area contributed by atoms with Gasteiger partial charge in [0.1, 0.15) is 0 Å². The van der Waals surface area contributed by atoms with Crippen LogP contribution in [0.25, 0.3) is 0 Å². The average Bonchev–Trinajstić information content (AvgIpc) is 2.76. The van der Waals surface area contributed by atoms with Crippen molar-refractivity contribution < 1.29 is 49.7 Å². The normalized spacial score (nSPS) is 10.1. The molecule has 0 saturated heterocycles. The number of hydrogen-bond acceptors (Lipinski definition) is 6. The molecule has 2 rings (SSSR count). The zero-order valence-corrected chi connectivity index (χ0v) is 18.0. The van der Waals surface area contributed by atoms with Crippen LogP contribution in [0.5, 0.6) is 11.5 Å². The van der Waals surface area contributed by atoms with Crippen LogP contribution in [0, 0.1) is 7.14 Å². The first-order valence-corrected chi connectivity index (χ1v) is 11.0. The number of benzene rings is 2. The van der Waals surface area contributed by atoms with Gasteiger partial charge in [0.15, 0.2) is 0 Å². The van der Waals surface area contributed by atoms with Crippen molar-refractivity contribution in [3.8, 4) is 11.5 Å². The Morgan fingerprint density at radius 2 is 1.07 bits per heavy atom. The van der Waals surface area contributed by atoms with Crippen molar-refractivity contribution in [3.63, 3.8) is 0 Å². The fourth-order valence-electron chi connectivity index (χ4n) is 2.04. The molecular formula is C22H22IO6-. The maximum atomic E-state index is 10.9. The van der Waals surface area contributed by atoms with Crippen LogP contribution in [0.2, 0.25) is 0 Å². The van der Waals surface area contributed by atoms with Gasteiger partial charge in [0.2, 0.25) is 0 Å². The molecule has 0 atom stereocenters. The Bertz CT molecular complexity index is 745. The molecule has 29 heavy (non-hydrogen) atoms. The third kappa shape index (κ3) is 8.82. The van der Waals surface area contributed by atoms with Gasteiger partial charge in [0, 0.05) is 0 Å². The molecule has 0 amide bonds. The van der Waals surface area contributed by atoms with Crippen LogP contribution in [0.15, 0.2) is 73.8 Å². The van der Waals surface area contributed by atoms with E-state index in [2.05, 4.69) is 13.2 Å². The van der Waals surface area contributed by atoms with Crippen LogP contribution >= 0.6 is 0 Å². The standard InChI is InChI=1S/C22H22IO6/c1-3-21(24)28-15-13-26-19-9-5-17(6-10-19)23-18-7-11-20(12-8-18)27-14-16-29-22(25)4-2/h3-12H,1-2,13-16H2/q-1. The number of ether oxygens (including phenoxy) is 4. The van der Waals surface area contributed by atoms with E-state index in [-0.39, 0.29) is 34.4 Å². The van der Waals surface area contributed by atoms with Crippen molar-refractivity contribution in [2.75, 3.05) is 26.4 Å². The summed E-state index contributed by atoms with van der Waals surface area (Å²) in [5.74, 6) is 0.545. The summed E-state index contributed by atoms with van der Waals surface area (Å²) in [4.78, 5) is 21.9. The van der Waals surface area contributed by atoms with Gasteiger partial charge in [-0.1, -0.05) is 0 Å². The van der Waals surface area contributed by atoms with E-state index in [1.807, 2.05) is 48.5 Å².